The normalized spacial score (nSPS) is 16.2. The first-order chi connectivity index (χ1) is 12.9. The third kappa shape index (κ3) is 4.71. The largest absolute Gasteiger partial charge is 0.325 e. The van der Waals surface area contributed by atoms with Gasteiger partial charge in [0, 0.05) is 31.9 Å². The van der Waals surface area contributed by atoms with Crippen molar-refractivity contribution in [2.75, 3.05) is 38.0 Å². The second-order valence-electron chi connectivity index (χ2n) is 6.51. The Morgan fingerprint density at radius 3 is 2.37 bits per heavy atom. The first-order valence-electron chi connectivity index (χ1n) is 8.70. The van der Waals surface area contributed by atoms with E-state index in [2.05, 4.69) is 5.32 Å². The predicted octanol–water partition coefficient (Wildman–Crippen LogP) is 2.08. The number of carbonyl (C=O) groups is 1. The van der Waals surface area contributed by atoms with Crippen molar-refractivity contribution in [2.24, 2.45) is 0 Å². The Labute approximate surface area is 158 Å². The zero-order chi connectivity index (χ0) is 19.4. The molecular weight excluding hydrogens is 369 g/mol. The lowest BCUT2D eigenvalue weighted by Gasteiger charge is -2.33. The van der Waals surface area contributed by atoms with E-state index >= 15 is 0 Å². The number of sulfonamides is 1. The molecule has 0 spiro atoms. The van der Waals surface area contributed by atoms with Gasteiger partial charge in [-0.2, -0.15) is 4.31 Å². The minimum absolute atomic E-state index is 0.134. The molecule has 1 N–H and O–H groups in total. The van der Waals surface area contributed by atoms with Crippen molar-refractivity contribution in [1.29, 1.82) is 0 Å². The molecule has 1 saturated heterocycles. The second kappa shape index (κ2) is 8.16. The van der Waals surface area contributed by atoms with Gasteiger partial charge in [-0.05, 0) is 36.8 Å². The van der Waals surface area contributed by atoms with Gasteiger partial charge in [0.15, 0.2) is 0 Å². The third-order valence-electron chi connectivity index (χ3n) is 4.54. The van der Waals surface area contributed by atoms with E-state index in [1.807, 2.05) is 4.90 Å². The number of rotatable bonds is 5. The van der Waals surface area contributed by atoms with Crippen LogP contribution in [0.1, 0.15) is 5.56 Å². The number of carbonyl (C=O) groups excluding carboxylic acids is 1. The van der Waals surface area contributed by atoms with Gasteiger partial charge in [-0.15, -0.1) is 0 Å². The summed E-state index contributed by atoms with van der Waals surface area (Å²) < 4.78 is 40.2. The molecule has 27 heavy (non-hydrogen) atoms. The standard InChI is InChI=1S/C19H22FN3O3S/c1-15-7-8-16(13-18(15)20)21-19(24)14-22-9-11-23(12-10-22)27(25,26)17-5-3-2-4-6-17/h2-8,13H,9-12,14H2,1H3,(H,21,24). The smallest absolute Gasteiger partial charge is 0.243 e. The maximum Gasteiger partial charge on any atom is 0.243 e. The number of nitrogens with one attached hydrogen (secondary N) is 1. The molecule has 2 aromatic carbocycles. The van der Waals surface area contributed by atoms with Crippen molar-refractivity contribution in [3.05, 3.63) is 59.9 Å². The molecule has 0 unspecified atom stereocenters. The van der Waals surface area contributed by atoms with Crippen LogP contribution >= 0.6 is 0 Å². The first kappa shape index (κ1) is 19.5. The second-order valence-corrected chi connectivity index (χ2v) is 8.44. The fourth-order valence-electron chi connectivity index (χ4n) is 2.94. The summed E-state index contributed by atoms with van der Waals surface area (Å²) in [5, 5.41) is 2.67. The summed E-state index contributed by atoms with van der Waals surface area (Å²) >= 11 is 0. The van der Waals surface area contributed by atoms with Crippen LogP contribution in [-0.4, -0.2) is 56.3 Å². The van der Waals surface area contributed by atoms with Gasteiger partial charge in [-0.3, -0.25) is 9.69 Å². The van der Waals surface area contributed by atoms with Crippen molar-refractivity contribution < 1.29 is 17.6 Å². The van der Waals surface area contributed by atoms with Crippen molar-refractivity contribution >= 4 is 21.6 Å². The highest BCUT2D eigenvalue weighted by atomic mass is 32.2. The monoisotopic (exact) mass is 391 g/mol. The molecule has 1 aliphatic heterocycles. The molecule has 0 atom stereocenters. The number of aryl methyl sites for hydroxylation is 1. The van der Waals surface area contributed by atoms with Crippen LogP contribution in [0.2, 0.25) is 0 Å². The minimum Gasteiger partial charge on any atom is -0.325 e. The van der Waals surface area contributed by atoms with E-state index in [9.17, 15) is 17.6 Å². The maximum absolute atomic E-state index is 13.6. The summed E-state index contributed by atoms with van der Waals surface area (Å²) in [5.74, 6) is -0.620. The van der Waals surface area contributed by atoms with Gasteiger partial charge < -0.3 is 5.32 Å². The lowest BCUT2D eigenvalue weighted by Crippen LogP contribution is -2.50. The molecule has 0 aliphatic carbocycles. The Bertz CT molecular complexity index is 911. The van der Waals surface area contributed by atoms with E-state index in [1.165, 1.54) is 10.4 Å². The lowest BCUT2D eigenvalue weighted by molar-refractivity contribution is -0.117. The fraction of sp³-hybridized carbons (Fsp3) is 0.316. The molecule has 6 nitrogen and oxygen atoms in total. The third-order valence-corrected chi connectivity index (χ3v) is 6.45. The van der Waals surface area contributed by atoms with Crippen molar-refractivity contribution in [2.45, 2.75) is 11.8 Å². The van der Waals surface area contributed by atoms with Gasteiger partial charge in [0.2, 0.25) is 15.9 Å². The van der Waals surface area contributed by atoms with Crippen LogP contribution in [0.25, 0.3) is 0 Å². The van der Waals surface area contributed by atoms with E-state index < -0.39 is 10.0 Å². The number of benzene rings is 2. The topological polar surface area (TPSA) is 69.7 Å². The minimum atomic E-state index is -3.51. The molecule has 144 valence electrons. The van der Waals surface area contributed by atoms with E-state index in [-0.39, 0.29) is 23.2 Å². The summed E-state index contributed by atoms with van der Waals surface area (Å²) in [4.78, 5) is 14.3. The quantitative estimate of drug-likeness (QED) is 0.847. The van der Waals surface area contributed by atoms with Crippen molar-refractivity contribution in [3.8, 4) is 0 Å². The molecule has 2 aromatic rings. The molecule has 1 aliphatic rings. The zero-order valence-corrected chi connectivity index (χ0v) is 15.9. The number of amides is 1. The molecule has 0 bridgehead atoms. The summed E-state index contributed by atoms with van der Waals surface area (Å²) in [6, 6.07) is 12.9. The van der Waals surface area contributed by atoms with Crippen molar-refractivity contribution in [3.63, 3.8) is 0 Å². The number of piperazine rings is 1. The molecule has 3 rings (SSSR count). The summed E-state index contributed by atoms with van der Waals surface area (Å²) in [6.07, 6.45) is 0. The molecule has 0 radical (unpaired) electrons. The van der Waals surface area contributed by atoms with Gasteiger partial charge in [-0.1, -0.05) is 24.3 Å². The average molecular weight is 391 g/mol. The Balaban J connectivity index is 1.53. The average Bonchev–Trinajstić information content (AvgIpc) is 2.66. The number of anilines is 1. The maximum atomic E-state index is 13.6. The molecule has 1 amide bonds. The molecule has 0 saturated carbocycles. The van der Waals surface area contributed by atoms with Crippen LogP contribution in [0, 0.1) is 12.7 Å². The highest BCUT2D eigenvalue weighted by Crippen LogP contribution is 2.17. The van der Waals surface area contributed by atoms with Gasteiger partial charge in [0.05, 0.1) is 11.4 Å². The number of nitrogens with zero attached hydrogens (tertiary/aromatic N) is 2. The number of halogens is 1. The molecule has 1 heterocycles. The highest BCUT2D eigenvalue weighted by molar-refractivity contribution is 7.89. The summed E-state index contributed by atoms with van der Waals surface area (Å²) in [6.45, 7) is 3.36. The highest BCUT2D eigenvalue weighted by Gasteiger charge is 2.28. The zero-order valence-electron chi connectivity index (χ0n) is 15.1. The Hall–Kier alpha value is -2.29. The molecule has 0 aromatic heterocycles. The van der Waals surface area contributed by atoms with E-state index in [0.29, 0.717) is 37.4 Å². The van der Waals surface area contributed by atoms with E-state index in [4.69, 9.17) is 0 Å². The Morgan fingerprint density at radius 1 is 1.07 bits per heavy atom. The van der Waals surface area contributed by atoms with Crippen LogP contribution in [0.5, 0.6) is 0 Å². The molecule has 1 fully saturated rings. The van der Waals surface area contributed by atoms with E-state index in [0.717, 1.165) is 0 Å². The van der Waals surface area contributed by atoms with Crippen molar-refractivity contribution in [1.82, 2.24) is 9.21 Å². The van der Waals surface area contributed by atoms with Gasteiger partial charge >= 0.3 is 0 Å². The van der Waals surface area contributed by atoms with Crippen LogP contribution in [0.3, 0.4) is 0 Å². The molecular formula is C19H22FN3O3S. The van der Waals surface area contributed by atoms with Crippen LogP contribution in [-0.2, 0) is 14.8 Å². The van der Waals surface area contributed by atoms with Crippen LogP contribution in [0.15, 0.2) is 53.4 Å². The van der Waals surface area contributed by atoms with Crippen LogP contribution < -0.4 is 5.32 Å². The fourth-order valence-corrected chi connectivity index (χ4v) is 4.39. The van der Waals surface area contributed by atoms with Gasteiger partial charge in [0.25, 0.3) is 0 Å². The first-order valence-corrected chi connectivity index (χ1v) is 10.1. The summed E-state index contributed by atoms with van der Waals surface area (Å²) in [7, 11) is -3.51. The van der Waals surface area contributed by atoms with Gasteiger partial charge in [0.1, 0.15) is 5.82 Å². The number of hydrogen-bond acceptors (Lipinski definition) is 4. The van der Waals surface area contributed by atoms with Gasteiger partial charge in [-0.25, -0.2) is 12.8 Å². The lowest BCUT2D eigenvalue weighted by atomic mass is 10.2. The Morgan fingerprint density at radius 2 is 1.74 bits per heavy atom. The SMILES string of the molecule is Cc1ccc(NC(=O)CN2CCN(S(=O)(=O)c3ccccc3)CC2)cc1F. The summed E-state index contributed by atoms with van der Waals surface area (Å²) in [5.41, 5.74) is 0.928. The Kier molecular flexibility index (Phi) is 5.88. The molecule has 8 heteroatoms. The number of hydrogen-bond donors (Lipinski definition) is 1. The predicted molar refractivity (Wildman–Crippen MR) is 101 cm³/mol. The van der Waals surface area contributed by atoms with E-state index in [1.54, 1.807) is 49.4 Å². The van der Waals surface area contributed by atoms with Crippen LogP contribution in [0.4, 0.5) is 10.1 Å².